The second-order valence-electron chi connectivity index (χ2n) is 4.99. The molecule has 0 amide bonds. The lowest BCUT2D eigenvalue weighted by atomic mass is 10.1. The second kappa shape index (κ2) is 9.30. The SMILES string of the molecule is Cc1nc(Oc2ccccc2)c([N+](=O)[O-])c(NCCCCl)c1C.Cl. The number of hydrogen-bond acceptors (Lipinski definition) is 5. The van der Waals surface area contributed by atoms with Crippen LogP contribution in [-0.4, -0.2) is 22.3 Å². The van der Waals surface area contributed by atoms with Crippen LogP contribution < -0.4 is 10.1 Å². The molecule has 0 fully saturated rings. The number of nitro groups is 1. The fraction of sp³-hybridized carbons (Fsp3) is 0.312. The Morgan fingerprint density at radius 1 is 1.29 bits per heavy atom. The largest absolute Gasteiger partial charge is 0.434 e. The summed E-state index contributed by atoms with van der Waals surface area (Å²) in [4.78, 5) is 15.3. The quantitative estimate of drug-likeness (QED) is 0.325. The van der Waals surface area contributed by atoms with Crippen LogP contribution in [0.4, 0.5) is 11.4 Å². The number of pyridine rings is 1. The summed E-state index contributed by atoms with van der Waals surface area (Å²) in [7, 11) is 0. The molecule has 1 N–H and O–H groups in total. The van der Waals surface area contributed by atoms with Crippen molar-refractivity contribution in [2.75, 3.05) is 17.7 Å². The van der Waals surface area contributed by atoms with Crippen LogP contribution >= 0.6 is 24.0 Å². The van der Waals surface area contributed by atoms with E-state index in [0.717, 1.165) is 5.56 Å². The summed E-state index contributed by atoms with van der Waals surface area (Å²) in [6, 6.07) is 8.88. The summed E-state index contributed by atoms with van der Waals surface area (Å²) >= 11 is 5.67. The van der Waals surface area contributed by atoms with Crippen molar-refractivity contribution in [2.24, 2.45) is 0 Å². The Bertz CT molecular complexity index is 697. The van der Waals surface area contributed by atoms with Gasteiger partial charge in [-0.25, -0.2) is 4.98 Å². The van der Waals surface area contributed by atoms with Crippen molar-refractivity contribution in [3.8, 4) is 11.6 Å². The molecule has 1 aromatic heterocycles. The zero-order valence-electron chi connectivity index (χ0n) is 13.4. The average Bonchev–Trinajstić information content (AvgIpc) is 2.52. The first-order valence-corrected chi connectivity index (χ1v) is 7.76. The number of para-hydroxylation sites is 1. The number of hydrogen-bond donors (Lipinski definition) is 1. The van der Waals surface area contributed by atoms with Crippen molar-refractivity contribution >= 4 is 35.4 Å². The van der Waals surface area contributed by atoms with Crippen LogP contribution in [0.15, 0.2) is 30.3 Å². The van der Waals surface area contributed by atoms with E-state index >= 15 is 0 Å². The van der Waals surface area contributed by atoms with Crippen molar-refractivity contribution in [1.29, 1.82) is 0 Å². The highest BCUT2D eigenvalue weighted by molar-refractivity contribution is 6.17. The Hall–Kier alpha value is -2.05. The van der Waals surface area contributed by atoms with Crippen molar-refractivity contribution in [3.63, 3.8) is 0 Å². The normalized spacial score (nSPS) is 9.96. The molecule has 0 spiro atoms. The van der Waals surface area contributed by atoms with Crippen LogP contribution in [0.5, 0.6) is 11.6 Å². The highest BCUT2D eigenvalue weighted by Gasteiger charge is 2.27. The lowest BCUT2D eigenvalue weighted by Gasteiger charge is -2.14. The molecule has 6 nitrogen and oxygen atoms in total. The van der Waals surface area contributed by atoms with Gasteiger partial charge in [-0.05, 0) is 32.4 Å². The first kappa shape index (κ1) is 20.0. The van der Waals surface area contributed by atoms with Crippen LogP contribution in [0.25, 0.3) is 0 Å². The Kier molecular flexibility index (Phi) is 7.74. The molecular formula is C16H19Cl2N3O3. The lowest BCUT2D eigenvalue weighted by Crippen LogP contribution is -2.10. The van der Waals surface area contributed by atoms with E-state index in [9.17, 15) is 10.1 Å². The second-order valence-corrected chi connectivity index (χ2v) is 5.37. The number of benzene rings is 1. The molecule has 2 rings (SSSR count). The monoisotopic (exact) mass is 371 g/mol. The van der Waals surface area contributed by atoms with Gasteiger partial charge >= 0.3 is 11.6 Å². The van der Waals surface area contributed by atoms with Gasteiger partial charge in [-0.1, -0.05) is 18.2 Å². The number of nitrogens with one attached hydrogen (secondary N) is 1. The fourth-order valence-electron chi connectivity index (χ4n) is 2.09. The molecule has 0 unspecified atom stereocenters. The minimum atomic E-state index is -0.471. The van der Waals surface area contributed by atoms with E-state index in [1.807, 2.05) is 6.07 Å². The summed E-state index contributed by atoms with van der Waals surface area (Å²) < 4.78 is 5.63. The third kappa shape index (κ3) is 4.72. The van der Waals surface area contributed by atoms with Gasteiger partial charge in [0.25, 0.3) is 0 Å². The lowest BCUT2D eigenvalue weighted by molar-refractivity contribution is -0.385. The first-order chi connectivity index (χ1) is 11.0. The minimum absolute atomic E-state index is 0. The summed E-state index contributed by atoms with van der Waals surface area (Å²) in [5, 5.41) is 14.6. The summed E-state index contributed by atoms with van der Waals surface area (Å²) in [6.07, 6.45) is 0.703. The molecule has 1 heterocycles. The molecule has 2 aromatic rings. The predicted octanol–water partition coefficient (Wildman–Crippen LogP) is 4.86. The number of alkyl halides is 1. The molecule has 0 bridgehead atoms. The molecule has 8 heteroatoms. The number of aryl methyl sites for hydroxylation is 1. The maximum atomic E-state index is 11.5. The molecule has 0 radical (unpaired) electrons. The topological polar surface area (TPSA) is 77.3 Å². The predicted molar refractivity (Wildman–Crippen MR) is 98.0 cm³/mol. The van der Waals surface area contributed by atoms with Gasteiger partial charge < -0.3 is 10.1 Å². The smallest absolute Gasteiger partial charge is 0.354 e. The number of aromatic nitrogens is 1. The number of halogens is 2. The molecule has 1 aromatic carbocycles. The Morgan fingerprint density at radius 2 is 1.96 bits per heavy atom. The molecule has 0 saturated heterocycles. The Balaban J connectivity index is 0.00000288. The summed E-state index contributed by atoms with van der Waals surface area (Å²) in [6.45, 7) is 4.13. The highest BCUT2D eigenvalue weighted by Crippen LogP contribution is 2.39. The van der Waals surface area contributed by atoms with Gasteiger partial charge in [0.15, 0.2) is 0 Å². The minimum Gasteiger partial charge on any atom is -0.434 e. The van der Waals surface area contributed by atoms with Crippen LogP contribution in [0, 0.1) is 24.0 Å². The van der Waals surface area contributed by atoms with Gasteiger partial charge in [0.05, 0.1) is 4.92 Å². The van der Waals surface area contributed by atoms with Gasteiger partial charge in [0.1, 0.15) is 11.4 Å². The molecule has 0 aliphatic rings. The van der Waals surface area contributed by atoms with Crippen LogP contribution in [0.2, 0.25) is 0 Å². The summed E-state index contributed by atoms with van der Waals surface area (Å²) in [5.74, 6) is 0.966. The van der Waals surface area contributed by atoms with E-state index in [2.05, 4.69) is 10.3 Å². The fourth-order valence-corrected chi connectivity index (χ4v) is 2.23. The number of anilines is 1. The van der Waals surface area contributed by atoms with Crippen LogP contribution in [-0.2, 0) is 0 Å². The standard InChI is InChI=1S/C16H18ClN3O3.ClH/c1-11-12(2)19-16(23-13-7-4-3-5-8-13)15(20(21)22)14(11)18-10-6-9-17;/h3-5,7-8H,6,9-10H2,1-2H3,(H,18,19);1H. The maximum Gasteiger partial charge on any atom is 0.354 e. The molecule has 0 aliphatic heterocycles. The molecule has 0 saturated carbocycles. The van der Waals surface area contributed by atoms with Crippen molar-refractivity contribution in [3.05, 3.63) is 51.7 Å². The van der Waals surface area contributed by atoms with Gasteiger partial charge in [-0.2, -0.15) is 0 Å². The third-order valence-corrected chi connectivity index (χ3v) is 3.65. The zero-order valence-corrected chi connectivity index (χ0v) is 15.0. The first-order valence-electron chi connectivity index (χ1n) is 7.23. The summed E-state index contributed by atoms with van der Waals surface area (Å²) in [5.41, 5.74) is 1.67. The molecule has 0 atom stereocenters. The van der Waals surface area contributed by atoms with E-state index in [-0.39, 0.29) is 24.0 Å². The molecule has 0 aliphatic carbocycles. The van der Waals surface area contributed by atoms with Gasteiger partial charge in [0, 0.05) is 23.7 Å². The van der Waals surface area contributed by atoms with Crippen molar-refractivity contribution in [1.82, 2.24) is 4.98 Å². The van der Waals surface area contributed by atoms with E-state index in [1.54, 1.807) is 38.1 Å². The van der Waals surface area contributed by atoms with E-state index < -0.39 is 4.92 Å². The van der Waals surface area contributed by atoms with Crippen molar-refractivity contribution in [2.45, 2.75) is 20.3 Å². The number of ether oxygens (including phenoxy) is 1. The maximum absolute atomic E-state index is 11.5. The zero-order chi connectivity index (χ0) is 16.8. The Morgan fingerprint density at radius 3 is 2.54 bits per heavy atom. The number of nitrogens with zero attached hydrogens (tertiary/aromatic N) is 2. The molecule has 130 valence electrons. The third-order valence-electron chi connectivity index (χ3n) is 3.38. The van der Waals surface area contributed by atoms with E-state index in [1.165, 1.54) is 0 Å². The van der Waals surface area contributed by atoms with Gasteiger partial charge in [0.2, 0.25) is 0 Å². The highest BCUT2D eigenvalue weighted by atomic mass is 35.5. The van der Waals surface area contributed by atoms with E-state index in [4.69, 9.17) is 16.3 Å². The van der Waals surface area contributed by atoms with Gasteiger partial charge in [-0.3, -0.25) is 10.1 Å². The molecule has 24 heavy (non-hydrogen) atoms. The number of rotatable bonds is 7. The van der Waals surface area contributed by atoms with Crippen molar-refractivity contribution < 1.29 is 9.66 Å². The van der Waals surface area contributed by atoms with E-state index in [0.29, 0.717) is 36.0 Å². The van der Waals surface area contributed by atoms with Gasteiger partial charge in [-0.15, -0.1) is 24.0 Å². The van der Waals surface area contributed by atoms with Crippen LogP contribution in [0.1, 0.15) is 17.7 Å². The Labute approximate surface area is 151 Å². The average molecular weight is 372 g/mol. The molecular weight excluding hydrogens is 353 g/mol. The van der Waals surface area contributed by atoms with Crippen LogP contribution in [0.3, 0.4) is 0 Å².